The van der Waals surface area contributed by atoms with Crippen LogP contribution in [0.4, 0.5) is 0 Å². The summed E-state index contributed by atoms with van der Waals surface area (Å²) >= 11 is 0.0377. The molecule has 0 amide bonds. The molecule has 33 heavy (non-hydrogen) atoms. The van der Waals surface area contributed by atoms with Gasteiger partial charge < -0.3 is 19.8 Å². The Kier molecular flexibility index (Phi) is 33.0. The van der Waals surface area contributed by atoms with Gasteiger partial charge in [0.05, 0.1) is 11.9 Å². The van der Waals surface area contributed by atoms with Gasteiger partial charge in [-0.15, -0.1) is 0 Å². The summed E-state index contributed by atoms with van der Waals surface area (Å²) in [6, 6.07) is 0. The summed E-state index contributed by atoms with van der Waals surface area (Å²) in [4.78, 5) is 18.8. The first-order valence-corrected chi connectivity index (χ1v) is 17.9. The molecule has 0 N–H and O–H groups in total. The molecule has 0 saturated heterocycles. The van der Waals surface area contributed by atoms with E-state index >= 15 is 0 Å². The summed E-state index contributed by atoms with van der Waals surface area (Å²) in [5.41, 5.74) is 0. The van der Waals surface area contributed by atoms with Crippen LogP contribution in [0.2, 0.25) is 8.87 Å². The van der Waals surface area contributed by atoms with Crippen LogP contribution in [-0.2, 0) is 9.59 Å². The molecule has 0 aromatic carbocycles. The van der Waals surface area contributed by atoms with Crippen molar-refractivity contribution in [2.75, 3.05) is 0 Å². The van der Waals surface area contributed by atoms with Crippen molar-refractivity contribution in [3.05, 3.63) is 12.2 Å². The molecule has 4 nitrogen and oxygen atoms in total. The van der Waals surface area contributed by atoms with E-state index in [1.807, 2.05) is 0 Å². The van der Waals surface area contributed by atoms with Crippen LogP contribution in [0.5, 0.6) is 0 Å². The average Bonchev–Trinajstić information content (AvgIpc) is 2.79. The summed E-state index contributed by atoms with van der Waals surface area (Å²) in [6.45, 7) is 4.61. The summed E-state index contributed by atoms with van der Waals surface area (Å²) in [7, 11) is 0. The molecule has 0 aliphatic heterocycles. The second-order valence-corrected chi connectivity index (χ2v) is 13.4. The number of unbranched alkanes of at least 4 members (excludes halogenated alkanes) is 18. The van der Waals surface area contributed by atoms with E-state index in [1.165, 1.54) is 116 Å². The van der Waals surface area contributed by atoms with E-state index in [2.05, 4.69) is 13.8 Å². The normalized spacial score (nSPS) is 10.6. The Balaban J connectivity index is 0. The third-order valence-corrected chi connectivity index (χ3v) is 9.81. The van der Waals surface area contributed by atoms with E-state index < -0.39 is 11.9 Å². The topological polar surface area (TPSA) is 80.3 Å². The Morgan fingerprint density at radius 3 is 0.970 bits per heavy atom. The zero-order valence-corrected chi connectivity index (χ0v) is 24.7. The zero-order valence-electron chi connectivity index (χ0n) is 21.8. The minimum Gasteiger partial charge on any atom is -0.545 e. The van der Waals surface area contributed by atoms with Crippen LogP contribution in [0.25, 0.3) is 0 Å². The van der Waals surface area contributed by atoms with E-state index in [4.69, 9.17) is 0 Å². The summed E-state index contributed by atoms with van der Waals surface area (Å²) in [5.74, 6) is -3.09. The van der Waals surface area contributed by atoms with E-state index in [-0.39, 0.29) is 21.1 Å². The molecule has 0 aliphatic carbocycles. The summed E-state index contributed by atoms with van der Waals surface area (Å²) < 4.78 is 3.33. The van der Waals surface area contributed by atoms with Crippen molar-refractivity contribution in [3.8, 4) is 0 Å². The summed E-state index contributed by atoms with van der Waals surface area (Å²) in [5, 5.41) is 18.8. The number of rotatable bonds is 24. The molecule has 0 spiro atoms. The van der Waals surface area contributed by atoms with Crippen molar-refractivity contribution >= 4 is 33.1 Å². The monoisotopic (exact) mass is 572 g/mol. The maximum absolute atomic E-state index is 9.41. The Hall–Kier alpha value is -0.521. The van der Waals surface area contributed by atoms with Crippen LogP contribution in [0.3, 0.4) is 0 Å². The van der Waals surface area contributed by atoms with Crippen molar-refractivity contribution in [1.82, 2.24) is 0 Å². The smallest absolute Gasteiger partial charge is 0.545 e. The molecule has 0 unspecified atom stereocenters. The van der Waals surface area contributed by atoms with Gasteiger partial charge in [-0.25, -0.2) is 0 Å². The molecule has 0 aromatic heterocycles. The second-order valence-electron chi connectivity index (χ2n) is 9.09. The van der Waals surface area contributed by atoms with Crippen LogP contribution < -0.4 is 10.2 Å². The number of carboxylic acid groups (broad SMARTS) is 2. The molecule has 0 saturated carbocycles. The number of hydrogen-bond acceptors (Lipinski definition) is 4. The van der Waals surface area contributed by atoms with Crippen molar-refractivity contribution in [2.45, 2.75) is 151 Å². The van der Waals surface area contributed by atoms with Gasteiger partial charge >= 0.3 is 172 Å². The third kappa shape index (κ3) is 39.0. The van der Waals surface area contributed by atoms with Crippen LogP contribution in [0.15, 0.2) is 12.2 Å². The van der Waals surface area contributed by atoms with E-state index in [9.17, 15) is 19.8 Å². The van der Waals surface area contributed by atoms with Crippen LogP contribution >= 0.6 is 0 Å². The van der Waals surface area contributed by atoms with E-state index in [0.717, 1.165) is 0 Å². The number of aliphatic carboxylic acids is 2. The molecular weight excluding hydrogens is 519 g/mol. The maximum atomic E-state index is 9.41. The SMILES string of the molecule is CCCCCCCCCCC[CH2][Sn+2][CH2]CCCCCCCCCCC.O=C([O-])/C=C\C(=O)[O-]. The van der Waals surface area contributed by atoms with Gasteiger partial charge in [-0.1, -0.05) is 0 Å². The Morgan fingerprint density at radius 2 is 0.727 bits per heavy atom. The number of carboxylic acids is 2. The van der Waals surface area contributed by atoms with Gasteiger partial charge in [-0.2, -0.15) is 0 Å². The van der Waals surface area contributed by atoms with Crippen molar-refractivity contribution in [2.24, 2.45) is 0 Å². The fourth-order valence-corrected chi connectivity index (χ4v) is 7.30. The van der Waals surface area contributed by atoms with Crippen molar-refractivity contribution < 1.29 is 19.8 Å². The molecule has 0 radical (unpaired) electrons. The van der Waals surface area contributed by atoms with Crippen LogP contribution in [-0.4, -0.2) is 33.1 Å². The van der Waals surface area contributed by atoms with Gasteiger partial charge in [0.2, 0.25) is 0 Å². The first kappa shape index (κ1) is 34.6. The number of carbonyl (C=O) groups is 2. The standard InChI is InChI=1S/2C12H25.C4H4O4.Sn/c2*1-3-5-7-9-11-12-10-8-6-4-2;5-3(6)1-2-4(7)8;/h2*1,3-12H2,2H3;1-2H,(H,5,6)(H,7,8);/q;;;+2/p-2/b;;2-1-;. The number of hydrogen-bond donors (Lipinski definition) is 0. The quantitative estimate of drug-likeness (QED) is 0.0762. The Morgan fingerprint density at radius 1 is 0.485 bits per heavy atom. The molecule has 192 valence electrons. The first-order valence-electron chi connectivity index (χ1n) is 13.8. The molecular formula is C28H52O4Sn. The molecule has 0 heterocycles. The van der Waals surface area contributed by atoms with Gasteiger partial charge in [-0.3, -0.25) is 0 Å². The zero-order chi connectivity index (χ0) is 24.8. The molecule has 0 atom stereocenters. The molecule has 0 aromatic rings. The van der Waals surface area contributed by atoms with E-state index in [0.29, 0.717) is 12.2 Å². The van der Waals surface area contributed by atoms with Gasteiger partial charge in [0, 0.05) is 0 Å². The molecule has 0 rings (SSSR count). The molecule has 5 heteroatoms. The first-order chi connectivity index (χ1) is 16.0. The predicted octanol–water partition coefficient (Wildman–Crippen LogP) is 6.41. The third-order valence-electron chi connectivity index (χ3n) is 5.77. The molecule has 0 aliphatic rings. The molecule has 0 fully saturated rings. The van der Waals surface area contributed by atoms with E-state index in [1.54, 1.807) is 21.7 Å². The van der Waals surface area contributed by atoms with Gasteiger partial charge in [0.25, 0.3) is 0 Å². The second kappa shape index (κ2) is 31.5. The average molecular weight is 571 g/mol. The minimum atomic E-state index is -1.55. The van der Waals surface area contributed by atoms with Gasteiger partial charge in [0.15, 0.2) is 0 Å². The van der Waals surface area contributed by atoms with Crippen LogP contribution in [0, 0.1) is 0 Å². The summed E-state index contributed by atoms with van der Waals surface area (Å²) in [6.07, 6.45) is 30.6. The Bertz CT molecular complexity index is 400. The minimum absolute atomic E-state index is 0.0377. The predicted molar refractivity (Wildman–Crippen MR) is 138 cm³/mol. The molecule has 0 bridgehead atoms. The number of carbonyl (C=O) groups excluding carboxylic acids is 2. The fraction of sp³-hybridized carbons (Fsp3) is 0.857. The van der Waals surface area contributed by atoms with Crippen molar-refractivity contribution in [1.29, 1.82) is 0 Å². The van der Waals surface area contributed by atoms with Crippen LogP contribution in [0.1, 0.15) is 142 Å². The van der Waals surface area contributed by atoms with Crippen molar-refractivity contribution in [3.63, 3.8) is 0 Å². The fourth-order valence-electron chi connectivity index (χ4n) is 3.74. The van der Waals surface area contributed by atoms with Gasteiger partial charge in [-0.05, 0) is 12.2 Å². The Labute approximate surface area is 215 Å². The van der Waals surface area contributed by atoms with Gasteiger partial charge in [0.1, 0.15) is 0 Å².